The average molecular weight is 279 g/mol. The van der Waals surface area contributed by atoms with Crippen molar-refractivity contribution in [1.29, 1.82) is 0 Å². The van der Waals surface area contributed by atoms with Gasteiger partial charge in [0, 0.05) is 19.0 Å². The molecule has 0 saturated carbocycles. The quantitative estimate of drug-likeness (QED) is 0.601. The highest BCUT2D eigenvalue weighted by molar-refractivity contribution is 6.03. The van der Waals surface area contributed by atoms with Crippen molar-refractivity contribution in [2.75, 3.05) is 12.8 Å². The molecule has 6 nitrogen and oxygen atoms in total. The van der Waals surface area contributed by atoms with Crippen LogP contribution in [0, 0.1) is 5.82 Å². The summed E-state index contributed by atoms with van der Waals surface area (Å²) in [6.45, 7) is 0. The zero-order chi connectivity index (χ0) is 14.9. The molecule has 20 heavy (non-hydrogen) atoms. The summed E-state index contributed by atoms with van der Waals surface area (Å²) in [7, 11) is 1.37. The minimum absolute atomic E-state index is 0.139. The van der Waals surface area contributed by atoms with Crippen molar-refractivity contribution in [3.05, 3.63) is 29.6 Å². The van der Waals surface area contributed by atoms with Crippen LogP contribution in [0.2, 0.25) is 0 Å². The second-order valence-corrected chi connectivity index (χ2v) is 4.59. The lowest BCUT2D eigenvalue weighted by Gasteiger charge is -2.28. The molecule has 3 N–H and O–H groups in total. The fourth-order valence-electron chi connectivity index (χ4n) is 1.98. The molecular weight excluding hydrogens is 265 g/mol. The van der Waals surface area contributed by atoms with E-state index in [9.17, 15) is 18.8 Å². The largest absolute Gasteiger partial charge is 0.396 e. The Morgan fingerprint density at radius 1 is 1.45 bits per heavy atom. The van der Waals surface area contributed by atoms with Gasteiger partial charge in [-0.05, 0) is 24.6 Å². The first kappa shape index (κ1) is 14.0. The van der Waals surface area contributed by atoms with Crippen LogP contribution < -0.4 is 11.1 Å². The predicted molar refractivity (Wildman–Crippen MR) is 69.1 cm³/mol. The number of hydrogen-bond acceptors (Lipinski definition) is 4. The summed E-state index contributed by atoms with van der Waals surface area (Å²) >= 11 is 0. The number of rotatable bonds is 2. The van der Waals surface area contributed by atoms with Crippen molar-refractivity contribution in [3.63, 3.8) is 0 Å². The van der Waals surface area contributed by atoms with Gasteiger partial charge in [-0.25, -0.2) is 4.39 Å². The van der Waals surface area contributed by atoms with Crippen molar-refractivity contribution in [2.45, 2.75) is 18.9 Å². The Hall–Kier alpha value is -2.44. The Kier molecular flexibility index (Phi) is 3.69. The third-order valence-electron chi connectivity index (χ3n) is 3.21. The van der Waals surface area contributed by atoms with Gasteiger partial charge in [0.05, 0.1) is 5.69 Å². The first-order valence-electron chi connectivity index (χ1n) is 6.06. The maximum Gasteiger partial charge on any atom is 0.252 e. The Balaban J connectivity index is 2.09. The van der Waals surface area contributed by atoms with Crippen LogP contribution in [0.4, 0.5) is 10.1 Å². The highest BCUT2D eigenvalue weighted by Gasteiger charge is 2.32. The van der Waals surface area contributed by atoms with Crippen LogP contribution in [0.5, 0.6) is 0 Å². The molecule has 1 heterocycles. The number of piperidine rings is 1. The van der Waals surface area contributed by atoms with E-state index in [1.54, 1.807) is 0 Å². The number of hydrogen-bond donors (Lipinski definition) is 2. The molecule has 1 aliphatic heterocycles. The van der Waals surface area contributed by atoms with Crippen molar-refractivity contribution in [3.8, 4) is 0 Å². The van der Waals surface area contributed by atoms with E-state index < -0.39 is 23.7 Å². The number of nitrogen functional groups attached to an aromatic ring is 1. The first-order valence-corrected chi connectivity index (χ1v) is 6.06. The number of carbonyl (C=O) groups is 3. The maximum atomic E-state index is 13.0. The number of likely N-dealkylation sites (N-methyl/N-ethyl adjacent to an activating group) is 1. The van der Waals surface area contributed by atoms with E-state index in [0.717, 1.165) is 11.0 Å². The van der Waals surface area contributed by atoms with Gasteiger partial charge < -0.3 is 11.1 Å². The van der Waals surface area contributed by atoms with E-state index in [4.69, 9.17) is 5.73 Å². The van der Waals surface area contributed by atoms with E-state index >= 15 is 0 Å². The number of imide groups is 1. The van der Waals surface area contributed by atoms with Crippen LogP contribution in [0.25, 0.3) is 0 Å². The number of benzene rings is 1. The lowest BCUT2D eigenvalue weighted by atomic mass is 10.0. The maximum absolute atomic E-state index is 13.0. The summed E-state index contributed by atoms with van der Waals surface area (Å²) in [4.78, 5) is 36.1. The standard InChI is InChI=1S/C13H14FN3O3/c1-17-11(18)5-4-10(13(17)20)16-12(19)7-2-3-8(14)9(15)6-7/h2-3,6,10H,4-5,15H2,1H3,(H,16,19). The van der Waals surface area contributed by atoms with Gasteiger partial charge in [0.25, 0.3) is 11.8 Å². The topological polar surface area (TPSA) is 92.5 Å². The summed E-state index contributed by atoms with van der Waals surface area (Å²) in [5.74, 6) is -1.87. The average Bonchev–Trinajstić information content (AvgIpc) is 2.42. The molecule has 0 radical (unpaired) electrons. The van der Waals surface area contributed by atoms with E-state index in [2.05, 4.69) is 5.32 Å². The van der Waals surface area contributed by atoms with Crippen molar-refractivity contribution >= 4 is 23.4 Å². The van der Waals surface area contributed by atoms with E-state index in [0.29, 0.717) is 0 Å². The summed E-state index contributed by atoms with van der Waals surface area (Å²) in [6.07, 6.45) is 0.448. The number of likely N-dealkylation sites (tertiary alicyclic amines) is 1. The number of nitrogens with two attached hydrogens (primary N) is 1. The minimum Gasteiger partial charge on any atom is -0.396 e. The Bertz CT molecular complexity index is 588. The van der Waals surface area contributed by atoms with Crippen molar-refractivity contribution in [2.24, 2.45) is 0 Å². The molecule has 3 amide bonds. The van der Waals surface area contributed by atoms with Crippen molar-refractivity contribution in [1.82, 2.24) is 10.2 Å². The second kappa shape index (κ2) is 5.28. The summed E-state index contributed by atoms with van der Waals surface area (Å²) in [5.41, 5.74) is 5.41. The van der Waals surface area contributed by atoms with Crippen LogP contribution in [0.1, 0.15) is 23.2 Å². The highest BCUT2D eigenvalue weighted by atomic mass is 19.1. The minimum atomic E-state index is -0.753. The van der Waals surface area contributed by atoms with Gasteiger partial charge in [-0.1, -0.05) is 0 Å². The van der Waals surface area contributed by atoms with E-state index in [1.807, 2.05) is 0 Å². The van der Waals surface area contributed by atoms with Gasteiger partial charge in [-0.2, -0.15) is 0 Å². The summed E-state index contributed by atoms with van der Waals surface area (Å²) < 4.78 is 13.0. The summed E-state index contributed by atoms with van der Waals surface area (Å²) in [5, 5.41) is 2.52. The van der Waals surface area contributed by atoms with Gasteiger partial charge >= 0.3 is 0 Å². The number of nitrogens with one attached hydrogen (secondary N) is 1. The zero-order valence-electron chi connectivity index (χ0n) is 10.9. The summed E-state index contributed by atoms with van der Waals surface area (Å²) in [6, 6.07) is 2.81. The van der Waals surface area contributed by atoms with Crippen LogP contribution in [-0.4, -0.2) is 35.7 Å². The van der Waals surface area contributed by atoms with E-state index in [1.165, 1.54) is 19.2 Å². The molecule has 2 rings (SSSR count). The monoisotopic (exact) mass is 279 g/mol. The van der Waals surface area contributed by atoms with Crippen LogP contribution in [0.3, 0.4) is 0 Å². The molecule has 0 aliphatic carbocycles. The third kappa shape index (κ3) is 2.61. The molecule has 1 aromatic carbocycles. The SMILES string of the molecule is CN1C(=O)CCC(NC(=O)c2ccc(F)c(N)c2)C1=O. The molecule has 106 valence electrons. The second-order valence-electron chi connectivity index (χ2n) is 4.59. The smallest absolute Gasteiger partial charge is 0.252 e. The lowest BCUT2D eigenvalue weighted by Crippen LogP contribution is -2.52. The normalized spacial score (nSPS) is 19.1. The highest BCUT2D eigenvalue weighted by Crippen LogP contribution is 2.15. The molecule has 1 atom stereocenters. The van der Waals surface area contributed by atoms with Crippen LogP contribution >= 0.6 is 0 Å². The molecule has 0 spiro atoms. The Morgan fingerprint density at radius 2 is 2.15 bits per heavy atom. The molecule has 0 bridgehead atoms. The van der Waals surface area contributed by atoms with Gasteiger partial charge in [-0.3, -0.25) is 19.3 Å². The predicted octanol–water partition coefficient (Wildman–Crippen LogP) is 0.285. The molecule has 1 fully saturated rings. The molecule has 1 unspecified atom stereocenters. The fraction of sp³-hybridized carbons (Fsp3) is 0.308. The van der Waals surface area contributed by atoms with Gasteiger partial charge in [0.15, 0.2) is 0 Å². The van der Waals surface area contributed by atoms with Gasteiger partial charge in [0.1, 0.15) is 11.9 Å². The molecule has 7 heteroatoms. The Morgan fingerprint density at radius 3 is 2.80 bits per heavy atom. The van der Waals surface area contributed by atoms with Gasteiger partial charge in [-0.15, -0.1) is 0 Å². The molecular formula is C13H14FN3O3. The number of nitrogens with zero attached hydrogens (tertiary/aromatic N) is 1. The number of amides is 3. The molecule has 0 aromatic heterocycles. The zero-order valence-corrected chi connectivity index (χ0v) is 10.9. The number of carbonyl (C=O) groups excluding carboxylic acids is 3. The molecule has 1 aromatic rings. The molecule has 1 aliphatic rings. The fourth-order valence-corrected chi connectivity index (χ4v) is 1.98. The number of halogens is 1. The van der Waals surface area contributed by atoms with Crippen molar-refractivity contribution < 1.29 is 18.8 Å². The Labute approximate surface area is 114 Å². The van der Waals surface area contributed by atoms with E-state index in [-0.39, 0.29) is 30.0 Å². The third-order valence-corrected chi connectivity index (χ3v) is 3.21. The number of anilines is 1. The van der Waals surface area contributed by atoms with Crippen LogP contribution in [-0.2, 0) is 9.59 Å². The lowest BCUT2D eigenvalue weighted by molar-refractivity contribution is -0.147. The molecule has 1 saturated heterocycles. The van der Waals surface area contributed by atoms with Gasteiger partial charge in [0.2, 0.25) is 5.91 Å². The van der Waals surface area contributed by atoms with Crippen LogP contribution in [0.15, 0.2) is 18.2 Å². The first-order chi connectivity index (χ1) is 9.40.